The van der Waals surface area contributed by atoms with Crippen LogP contribution in [0.2, 0.25) is 0 Å². The van der Waals surface area contributed by atoms with E-state index in [-0.39, 0.29) is 6.79 Å². The van der Waals surface area contributed by atoms with E-state index in [1.807, 2.05) is 0 Å². The summed E-state index contributed by atoms with van der Waals surface area (Å²) in [6.45, 7) is -0.267. The Balaban J connectivity index is 1.97. The van der Waals surface area contributed by atoms with E-state index in [0.29, 0.717) is 0 Å². The molecule has 0 aliphatic carbocycles. The van der Waals surface area contributed by atoms with Crippen molar-refractivity contribution in [1.29, 1.82) is 0 Å². The maximum absolute atomic E-state index is 7.60. The highest BCUT2D eigenvalue weighted by molar-refractivity contribution is 5.97. The van der Waals surface area contributed by atoms with Crippen LogP contribution in [0, 0.1) is 0 Å². The fourth-order valence-corrected chi connectivity index (χ4v) is 0. The first-order valence-electron chi connectivity index (χ1n) is 0.809. The van der Waals surface area contributed by atoms with Crippen molar-refractivity contribution in [1.82, 2.24) is 0 Å². The van der Waals surface area contributed by atoms with Gasteiger partial charge in [0.25, 0.3) is 0 Å². The monoisotopic (exact) mass is 75.0 g/mol. The summed E-state index contributed by atoms with van der Waals surface area (Å²) in [6.07, 6.45) is 0. The number of rotatable bonds is 1. The molecule has 0 rings (SSSR count). The zero-order valence-corrected chi connectivity index (χ0v) is 3.06. The van der Waals surface area contributed by atoms with Crippen LogP contribution in [0.15, 0.2) is 0 Å². The molecule has 0 aromatic rings. The van der Waals surface area contributed by atoms with Gasteiger partial charge in [0.1, 0.15) is 6.79 Å². The average Bonchev–Trinajstić information content (AvgIpc) is 1.37. The second-order valence-electron chi connectivity index (χ2n) is 0.273. The molecule has 0 bridgehead atoms. The first kappa shape index (κ1) is 4.14. The highest BCUT2D eigenvalue weighted by Crippen LogP contribution is 1.43. The summed E-state index contributed by atoms with van der Waals surface area (Å²) in [6, 6.07) is 0. The third kappa shape index (κ3) is 2.14. The summed E-state index contributed by atoms with van der Waals surface area (Å²) in [5.41, 5.74) is 0. The predicted molar refractivity (Wildman–Crippen MR) is 13.9 cm³/mol. The Labute approximate surface area is 27.9 Å². The van der Waals surface area contributed by atoms with Gasteiger partial charge in [0.05, 0.1) is 0 Å². The highest BCUT2D eigenvalue weighted by atomic mass is 28.2. The fraction of sp³-hybridized carbons (Fsp3) is 1.00. The molecule has 4 heavy (non-hydrogen) atoms. The van der Waals surface area contributed by atoms with E-state index in [1.165, 1.54) is 0 Å². The van der Waals surface area contributed by atoms with Crippen LogP contribution < -0.4 is 0 Å². The third-order valence-electron chi connectivity index (χ3n) is 0.0645. The normalized spacial score (nSPS) is 7.50. The average molecular weight is 75.1 g/mol. The molecular formula is CH3O2Si. The molecule has 0 fully saturated rings. The Morgan fingerprint density at radius 2 is 2.25 bits per heavy atom. The van der Waals surface area contributed by atoms with E-state index in [1.54, 1.807) is 0 Å². The van der Waals surface area contributed by atoms with Crippen molar-refractivity contribution < 1.29 is 9.53 Å². The highest BCUT2D eigenvalue weighted by Gasteiger charge is 1.53. The summed E-state index contributed by atoms with van der Waals surface area (Å²) in [7, 11) is 2.54. The number of hydrogen-bond donors (Lipinski definition) is 1. The van der Waals surface area contributed by atoms with Gasteiger partial charge in [-0.1, -0.05) is 0 Å². The van der Waals surface area contributed by atoms with Crippen molar-refractivity contribution in [2.75, 3.05) is 6.79 Å². The Hall–Kier alpha value is 0.137. The van der Waals surface area contributed by atoms with Gasteiger partial charge in [0.15, 0.2) is 0 Å². The largest absolute Gasteiger partial charge is 0.397 e. The molecule has 23 valence electrons. The van der Waals surface area contributed by atoms with Crippen molar-refractivity contribution in [2.24, 2.45) is 0 Å². The molecule has 0 spiro atoms. The predicted octanol–water partition coefficient (Wildman–Crippen LogP) is -0.964. The van der Waals surface area contributed by atoms with E-state index < -0.39 is 0 Å². The zero-order chi connectivity index (χ0) is 3.41. The summed E-state index contributed by atoms with van der Waals surface area (Å²) < 4.78 is 3.90. The molecule has 0 atom stereocenters. The molecule has 0 saturated heterocycles. The van der Waals surface area contributed by atoms with Gasteiger partial charge in [-0.05, 0) is 0 Å². The van der Waals surface area contributed by atoms with Crippen LogP contribution >= 0.6 is 0 Å². The topological polar surface area (TPSA) is 29.5 Å². The molecule has 0 aliphatic heterocycles. The van der Waals surface area contributed by atoms with Crippen molar-refractivity contribution in [3.63, 3.8) is 0 Å². The standard InChI is InChI=1S/CH3O2Si/c2-1-3-4/h2H,1H2. The second kappa shape index (κ2) is 3.14. The van der Waals surface area contributed by atoms with Crippen LogP contribution in [0.3, 0.4) is 0 Å². The van der Waals surface area contributed by atoms with Gasteiger partial charge in [-0.25, -0.2) is 0 Å². The van der Waals surface area contributed by atoms with Crippen molar-refractivity contribution in [3.05, 3.63) is 0 Å². The number of hydrogen-bond acceptors (Lipinski definition) is 2. The zero-order valence-electron chi connectivity index (χ0n) is 2.06. The molecule has 2 nitrogen and oxygen atoms in total. The van der Waals surface area contributed by atoms with Crippen molar-refractivity contribution >= 4 is 10.5 Å². The molecule has 3 radical (unpaired) electrons. The van der Waals surface area contributed by atoms with Crippen LogP contribution in [-0.2, 0) is 4.43 Å². The molecule has 0 aliphatic rings. The number of aliphatic hydroxyl groups is 1. The van der Waals surface area contributed by atoms with Gasteiger partial charge < -0.3 is 9.53 Å². The lowest BCUT2D eigenvalue weighted by molar-refractivity contribution is 0.108. The van der Waals surface area contributed by atoms with Crippen LogP contribution in [-0.4, -0.2) is 22.4 Å². The molecule has 3 heteroatoms. The van der Waals surface area contributed by atoms with E-state index in [0.717, 1.165) is 0 Å². The SMILES string of the molecule is OCO[Si]. The minimum absolute atomic E-state index is 0.267. The fourth-order valence-electron chi connectivity index (χ4n) is 0. The molecule has 0 unspecified atom stereocenters. The minimum atomic E-state index is -0.267. The van der Waals surface area contributed by atoms with Crippen LogP contribution in [0.25, 0.3) is 0 Å². The lowest BCUT2D eigenvalue weighted by Gasteiger charge is -1.75. The van der Waals surface area contributed by atoms with Gasteiger partial charge in [0, 0.05) is 0 Å². The van der Waals surface area contributed by atoms with E-state index in [2.05, 4.69) is 14.9 Å². The van der Waals surface area contributed by atoms with Gasteiger partial charge >= 0.3 is 0 Å². The molecule has 0 saturated carbocycles. The summed E-state index contributed by atoms with van der Waals surface area (Å²) in [4.78, 5) is 0. The van der Waals surface area contributed by atoms with Gasteiger partial charge in [-0.2, -0.15) is 0 Å². The second-order valence-corrected chi connectivity index (χ2v) is 0.562. The summed E-state index contributed by atoms with van der Waals surface area (Å²) in [5.74, 6) is 0. The Morgan fingerprint density at radius 3 is 2.25 bits per heavy atom. The quantitative estimate of drug-likeness (QED) is 0.321. The van der Waals surface area contributed by atoms with Crippen molar-refractivity contribution in [3.8, 4) is 0 Å². The Bertz CT molecular complexity index is 8.00. The Kier molecular flexibility index (Phi) is 3.24. The van der Waals surface area contributed by atoms with Crippen LogP contribution in [0.5, 0.6) is 0 Å². The third-order valence-corrected chi connectivity index (χ3v) is 0.194. The number of aliphatic hydroxyl groups excluding tert-OH is 1. The van der Waals surface area contributed by atoms with Crippen LogP contribution in [0.4, 0.5) is 0 Å². The lowest BCUT2D eigenvalue weighted by atomic mass is 11.6. The summed E-state index contributed by atoms with van der Waals surface area (Å²) >= 11 is 0. The maximum Gasteiger partial charge on any atom is 0.249 e. The molecule has 1 N–H and O–H groups in total. The smallest absolute Gasteiger partial charge is 0.249 e. The molecule has 0 aromatic carbocycles. The summed E-state index contributed by atoms with van der Waals surface area (Å²) in [5, 5.41) is 7.60. The minimum Gasteiger partial charge on any atom is -0.397 e. The van der Waals surface area contributed by atoms with E-state index in [9.17, 15) is 0 Å². The first-order valence-corrected chi connectivity index (χ1v) is 1.22. The van der Waals surface area contributed by atoms with E-state index in [4.69, 9.17) is 5.11 Å². The van der Waals surface area contributed by atoms with Gasteiger partial charge in [-0.15, -0.1) is 0 Å². The molecule has 0 heterocycles. The van der Waals surface area contributed by atoms with Crippen LogP contribution in [0.1, 0.15) is 0 Å². The van der Waals surface area contributed by atoms with Crippen molar-refractivity contribution in [2.45, 2.75) is 0 Å². The Morgan fingerprint density at radius 1 is 2.00 bits per heavy atom. The van der Waals surface area contributed by atoms with E-state index >= 15 is 0 Å². The lowest BCUT2D eigenvalue weighted by Crippen LogP contribution is -1.81. The van der Waals surface area contributed by atoms with Gasteiger partial charge in [-0.3, -0.25) is 0 Å². The first-order chi connectivity index (χ1) is 1.91. The van der Waals surface area contributed by atoms with Gasteiger partial charge in [0.2, 0.25) is 10.5 Å². The maximum atomic E-state index is 7.60. The molecular weight excluding hydrogens is 72.1 g/mol. The molecule has 0 aromatic heterocycles. The molecule has 0 amide bonds.